The summed E-state index contributed by atoms with van der Waals surface area (Å²) in [4.78, 5) is 12.0. The van der Waals surface area contributed by atoms with Crippen molar-refractivity contribution in [2.75, 3.05) is 13.2 Å². The van der Waals surface area contributed by atoms with E-state index in [1.807, 2.05) is 32.1 Å². The highest BCUT2D eigenvalue weighted by molar-refractivity contribution is 5.81. The van der Waals surface area contributed by atoms with Crippen LogP contribution in [0.3, 0.4) is 0 Å². The molecule has 0 fully saturated rings. The number of carbonyl (C=O) groups excluding carboxylic acids is 1. The summed E-state index contributed by atoms with van der Waals surface area (Å²) in [6.07, 6.45) is 12.4. The van der Waals surface area contributed by atoms with E-state index in [2.05, 4.69) is 32.9 Å². The number of alkyl halides is 2. The minimum atomic E-state index is -3.01. The Kier molecular flexibility index (Phi) is 11.2. The third-order valence-corrected chi connectivity index (χ3v) is 5.96. The van der Waals surface area contributed by atoms with Crippen molar-refractivity contribution < 1.29 is 18.3 Å². The molecule has 1 atom stereocenters. The Labute approximate surface area is 192 Å². The van der Waals surface area contributed by atoms with Crippen molar-refractivity contribution in [3.63, 3.8) is 0 Å². The molecule has 180 valence electrons. The zero-order chi connectivity index (χ0) is 24.4. The number of rotatable bonds is 11. The number of allylic oxidation sites excluding steroid dienone is 9. The Bertz CT molecular complexity index is 792. The van der Waals surface area contributed by atoms with Gasteiger partial charge in [0.25, 0.3) is 6.43 Å². The van der Waals surface area contributed by atoms with Crippen LogP contribution >= 0.6 is 0 Å². The quantitative estimate of drug-likeness (QED) is 0.310. The summed E-state index contributed by atoms with van der Waals surface area (Å²) in [5.74, 6) is -1.11. The summed E-state index contributed by atoms with van der Waals surface area (Å²) in [5.41, 5.74) is 13.7. The molecule has 0 spiro atoms. The molecule has 6 heteroatoms. The molecule has 32 heavy (non-hydrogen) atoms. The number of hydrogen-bond donors (Lipinski definition) is 2. The lowest BCUT2D eigenvalue weighted by Crippen LogP contribution is -2.55. The van der Waals surface area contributed by atoms with Crippen LogP contribution in [-0.2, 0) is 9.53 Å². The lowest BCUT2D eigenvalue weighted by molar-refractivity contribution is -0.155. The first-order chi connectivity index (χ1) is 14.9. The number of esters is 1. The second-order valence-electron chi connectivity index (χ2n) is 9.31. The number of halogens is 2. The first-order valence-corrected chi connectivity index (χ1v) is 11.3. The molecule has 0 aromatic rings. The van der Waals surface area contributed by atoms with Gasteiger partial charge in [0.2, 0.25) is 0 Å². The molecule has 0 aromatic heterocycles. The molecule has 0 aromatic carbocycles. The summed E-state index contributed by atoms with van der Waals surface area (Å²) >= 11 is 0. The molecule has 0 bridgehead atoms. The average molecular weight is 451 g/mol. The summed E-state index contributed by atoms with van der Waals surface area (Å²) in [6, 6.07) is 0. The summed E-state index contributed by atoms with van der Waals surface area (Å²) in [6.45, 7) is 10.8. The third-order valence-electron chi connectivity index (χ3n) is 5.96. The van der Waals surface area contributed by atoms with Gasteiger partial charge in [-0.1, -0.05) is 60.9 Å². The van der Waals surface area contributed by atoms with Gasteiger partial charge < -0.3 is 16.2 Å². The zero-order valence-electron chi connectivity index (χ0n) is 20.2. The van der Waals surface area contributed by atoms with Gasteiger partial charge in [0.15, 0.2) is 5.54 Å². The molecular formula is C26H40F2N2O2. The van der Waals surface area contributed by atoms with Gasteiger partial charge >= 0.3 is 5.97 Å². The van der Waals surface area contributed by atoms with Crippen LogP contribution in [0, 0.1) is 5.41 Å². The van der Waals surface area contributed by atoms with Gasteiger partial charge in [0.1, 0.15) is 6.61 Å². The molecule has 0 heterocycles. The van der Waals surface area contributed by atoms with Crippen LogP contribution in [-0.4, -0.2) is 31.1 Å². The highest BCUT2D eigenvalue weighted by Gasteiger charge is 2.44. The molecular weight excluding hydrogens is 410 g/mol. The van der Waals surface area contributed by atoms with E-state index in [0.29, 0.717) is 0 Å². The van der Waals surface area contributed by atoms with E-state index < -0.39 is 17.9 Å². The molecule has 0 saturated heterocycles. The maximum atomic E-state index is 13.2. The van der Waals surface area contributed by atoms with E-state index >= 15 is 0 Å². The number of nitrogens with two attached hydrogens (primary N) is 2. The minimum absolute atomic E-state index is 0.117. The lowest BCUT2D eigenvalue weighted by Gasteiger charge is -2.32. The van der Waals surface area contributed by atoms with Gasteiger partial charge in [-0.3, -0.25) is 0 Å². The van der Waals surface area contributed by atoms with E-state index in [0.717, 1.165) is 17.6 Å². The van der Waals surface area contributed by atoms with Crippen molar-refractivity contribution in [3.8, 4) is 0 Å². The van der Waals surface area contributed by atoms with Gasteiger partial charge in [-0.25, -0.2) is 13.6 Å². The Morgan fingerprint density at radius 3 is 2.53 bits per heavy atom. The molecule has 1 rings (SSSR count). The number of carbonyl (C=O) groups is 1. The van der Waals surface area contributed by atoms with Crippen molar-refractivity contribution >= 4 is 5.97 Å². The fraction of sp³-hybridized carbons (Fsp3) is 0.577. The summed E-state index contributed by atoms with van der Waals surface area (Å²) in [5, 5.41) is 0. The maximum Gasteiger partial charge on any atom is 0.332 e. The molecule has 1 aliphatic rings. The number of ether oxygens (including phenoxy) is 1. The molecule has 1 aliphatic carbocycles. The van der Waals surface area contributed by atoms with E-state index in [-0.39, 0.29) is 31.4 Å². The van der Waals surface area contributed by atoms with E-state index in [4.69, 9.17) is 16.2 Å². The first kappa shape index (κ1) is 28.0. The van der Waals surface area contributed by atoms with Gasteiger partial charge in [0.05, 0.1) is 0 Å². The average Bonchev–Trinajstić information content (AvgIpc) is 2.70. The predicted molar refractivity (Wildman–Crippen MR) is 128 cm³/mol. The van der Waals surface area contributed by atoms with Gasteiger partial charge in [-0.15, -0.1) is 0 Å². The molecule has 4 N–H and O–H groups in total. The normalized spacial score (nSPS) is 19.8. The Hall–Kier alpha value is -2.05. The molecule has 0 amide bonds. The Morgan fingerprint density at radius 1 is 1.25 bits per heavy atom. The fourth-order valence-electron chi connectivity index (χ4n) is 3.78. The first-order valence-electron chi connectivity index (χ1n) is 11.3. The van der Waals surface area contributed by atoms with Gasteiger partial charge in [0, 0.05) is 0 Å². The fourth-order valence-corrected chi connectivity index (χ4v) is 3.78. The van der Waals surface area contributed by atoms with Crippen molar-refractivity contribution in [2.24, 2.45) is 16.9 Å². The SMILES string of the molecule is CC(C=CC1=C(C)CCCC1(C)C)=CC=CC(C)=CCOC(=O)C(N)(CCCN)C(F)F. The van der Waals surface area contributed by atoms with Crippen LogP contribution in [0.15, 0.2) is 58.7 Å². The highest BCUT2D eigenvalue weighted by atomic mass is 19.3. The lowest BCUT2D eigenvalue weighted by atomic mass is 9.72. The highest BCUT2D eigenvalue weighted by Crippen LogP contribution is 2.40. The second kappa shape index (κ2) is 12.9. The monoisotopic (exact) mass is 450 g/mol. The van der Waals surface area contributed by atoms with E-state index in [1.165, 1.54) is 24.0 Å². The smallest absolute Gasteiger partial charge is 0.332 e. The van der Waals surface area contributed by atoms with Gasteiger partial charge in [-0.2, -0.15) is 0 Å². The molecule has 4 nitrogen and oxygen atoms in total. The molecule has 1 unspecified atom stereocenters. The van der Waals surface area contributed by atoms with Crippen molar-refractivity contribution in [1.82, 2.24) is 0 Å². The predicted octanol–water partition coefficient (Wildman–Crippen LogP) is 5.76. The zero-order valence-corrected chi connectivity index (χ0v) is 20.2. The van der Waals surface area contributed by atoms with Crippen LogP contribution in [0.2, 0.25) is 0 Å². The molecule has 0 saturated carbocycles. The van der Waals surface area contributed by atoms with Crippen molar-refractivity contribution in [2.45, 2.75) is 78.7 Å². The maximum absolute atomic E-state index is 13.2. The van der Waals surface area contributed by atoms with E-state index in [1.54, 1.807) is 6.08 Å². The molecule has 0 aliphatic heterocycles. The Morgan fingerprint density at radius 2 is 1.94 bits per heavy atom. The minimum Gasteiger partial charge on any atom is -0.460 e. The summed E-state index contributed by atoms with van der Waals surface area (Å²) in [7, 11) is 0. The molecule has 0 radical (unpaired) electrons. The number of hydrogen-bond acceptors (Lipinski definition) is 4. The van der Waals surface area contributed by atoms with Crippen LogP contribution in [0.1, 0.15) is 66.7 Å². The standard InChI is InChI=1S/C26H40F2N2O2/c1-19(12-13-22-21(3)11-7-15-25(22,4)5)9-6-10-20(2)14-18-32-24(31)26(30,23(27)28)16-8-17-29/h6,9-10,12-14,23H,7-8,11,15-18,29-30H2,1-5H3. The largest absolute Gasteiger partial charge is 0.460 e. The van der Waals surface area contributed by atoms with Crippen LogP contribution < -0.4 is 11.5 Å². The van der Waals surface area contributed by atoms with E-state index in [9.17, 15) is 13.6 Å². The second-order valence-corrected chi connectivity index (χ2v) is 9.31. The third kappa shape index (κ3) is 8.47. The van der Waals surface area contributed by atoms with Crippen LogP contribution in [0.25, 0.3) is 0 Å². The Balaban J connectivity index is 2.66. The van der Waals surface area contributed by atoms with Crippen molar-refractivity contribution in [3.05, 3.63) is 58.7 Å². The van der Waals surface area contributed by atoms with Crippen molar-refractivity contribution in [1.29, 1.82) is 0 Å². The van der Waals surface area contributed by atoms with Crippen LogP contribution in [0.4, 0.5) is 8.78 Å². The summed E-state index contributed by atoms with van der Waals surface area (Å²) < 4.78 is 31.4. The topological polar surface area (TPSA) is 78.3 Å². The van der Waals surface area contributed by atoms with Crippen LogP contribution in [0.5, 0.6) is 0 Å². The van der Waals surface area contributed by atoms with Gasteiger partial charge in [-0.05, 0) is 76.5 Å².